The summed E-state index contributed by atoms with van der Waals surface area (Å²) in [5.74, 6) is 0.801. The second kappa shape index (κ2) is 10.4. The molecule has 1 heterocycles. The van der Waals surface area contributed by atoms with Gasteiger partial charge in [0.25, 0.3) is 0 Å². The Bertz CT molecular complexity index is 544. The monoisotopic (exact) mass is 348 g/mol. The number of hydrogen-bond acceptors (Lipinski definition) is 4. The van der Waals surface area contributed by atoms with Crippen molar-refractivity contribution in [2.75, 3.05) is 53.6 Å². The van der Waals surface area contributed by atoms with Crippen molar-refractivity contribution < 1.29 is 9.47 Å². The topological polar surface area (TPSA) is 58.1 Å². The molecule has 0 amide bonds. The van der Waals surface area contributed by atoms with E-state index in [2.05, 4.69) is 58.6 Å². The van der Waals surface area contributed by atoms with Crippen molar-refractivity contribution in [3.63, 3.8) is 0 Å². The highest BCUT2D eigenvalue weighted by atomic mass is 16.5. The van der Waals surface area contributed by atoms with Gasteiger partial charge in [0.1, 0.15) is 0 Å². The van der Waals surface area contributed by atoms with Crippen LogP contribution in [0.25, 0.3) is 0 Å². The molecule has 1 aliphatic heterocycles. The van der Waals surface area contributed by atoms with Gasteiger partial charge in [-0.05, 0) is 19.4 Å². The van der Waals surface area contributed by atoms with Gasteiger partial charge in [-0.1, -0.05) is 29.8 Å². The molecule has 1 aromatic rings. The lowest BCUT2D eigenvalue weighted by Gasteiger charge is -2.35. The van der Waals surface area contributed by atoms with Gasteiger partial charge in [-0.15, -0.1) is 0 Å². The number of morpholine rings is 1. The van der Waals surface area contributed by atoms with E-state index in [1.54, 1.807) is 14.2 Å². The molecule has 2 rings (SSSR count). The van der Waals surface area contributed by atoms with E-state index in [1.807, 2.05) is 0 Å². The third kappa shape index (κ3) is 6.30. The van der Waals surface area contributed by atoms with Crippen molar-refractivity contribution in [3.8, 4) is 0 Å². The number of nitrogens with zero attached hydrogens (tertiary/aromatic N) is 2. The average molecular weight is 348 g/mol. The number of rotatable bonds is 7. The first-order chi connectivity index (χ1) is 12.1. The predicted octanol–water partition coefficient (Wildman–Crippen LogP) is 1.57. The predicted molar refractivity (Wildman–Crippen MR) is 102 cm³/mol. The highest BCUT2D eigenvalue weighted by Gasteiger charge is 2.23. The van der Waals surface area contributed by atoms with Crippen molar-refractivity contribution >= 4 is 5.96 Å². The second-order valence-corrected chi connectivity index (χ2v) is 6.53. The Morgan fingerprint density at radius 2 is 2.12 bits per heavy atom. The third-order valence-electron chi connectivity index (χ3n) is 4.40. The minimum absolute atomic E-state index is 0.206. The number of benzene rings is 1. The lowest BCUT2D eigenvalue weighted by Crippen LogP contribution is -2.48. The molecule has 0 aliphatic carbocycles. The van der Waals surface area contributed by atoms with Gasteiger partial charge in [-0.2, -0.15) is 0 Å². The molecule has 0 aromatic heterocycles. The summed E-state index contributed by atoms with van der Waals surface area (Å²) < 4.78 is 10.7. The van der Waals surface area contributed by atoms with Gasteiger partial charge < -0.3 is 20.1 Å². The summed E-state index contributed by atoms with van der Waals surface area (Å²) in [4.78, 5) is 6.82. The van der Waals surface area contributed by atoms with E-state index < -0.39 is 0 Å². The summed E-state index contributed by atoms with van der Waals surface area (Å²) in [6.45, 7) is 9.14. The zero-order chi connectivity index (χ0) is 18.1. The van der Waals surface area contributed by atoms with Crippen LogP contribution in [0.2, 0.25) is 0 Å². The molecule has 2 N–H and O–H groups in total. The smallest absolute Gasteiger partial charge is 0.191 e. The molecule has 0 spiro atoms. The molecule has 25 heavy (non-hydrogen) atoms. The first-order valence-electron chi connectivity index (χ1n) is 8.98. The van der Waals surface area contributed by atoms with E-state index in [9.17, 15) is 0 Å². The fourth-order valence-corrected chi connectivity index (χ4v) is 3.14. The van der Waals surface area contributed by atoms with Crippen molar-refractivity contribution in [1.82, 2.24) is 15.5 Å². The Hall–Kier alpha value is -1.63. The summed E-state index contributed by atoms with van der Waals surface area (Å²) in [6.07, 6.45) is 0. The van der Waals surface area contributed by atoms with E-state index in [0.717, 1.165) is 38.8 Å². The van der Waals surface area contributed by atoms with Crippen LogP contribution in [0.1, 0.15) is 24.1 Å². The number of ether oxygens (including phenoxy) is 2. The Morgan fingerprint density at radius 3 is 2.76 bits per heavy atom. The fraction of sp³-hybridized carbons (Fsp3) is 0.632. The van der Waals surface area contributed by atoms with E-state index in [4.69, 9.17) is 9.47 Å². The molecule has 6 heteroatoms. The summed E-state index contributed by atoms with van der Waals surface area (Å²) in [7, 11) is 3.51. The minimum atomic E-state index is 0.206. The number of nitrogens with one attached hydrogen (secondary N) is 2. The van der Waals surface area contributed by atoms with Crippen molar-refractivity contribution in [2.24, 2.45) is 4.99 Å². The van der Waals surface area contributed by atoms with E-state index in [1.165, 1.54) is 11.1 Å². The maximum absolute atomic E-state index is 5.52. The molecule has 0 radical (unpaired) electrons. The summed E-state index contributed by atoms with van der Waals surface area (Å²) in [6, 6.07) is 9.24. The van der Waals surface area contributed by atoms with Crippen LogP contribution in [0, 0.1) is 6.92 Å². The lowest BCUT2D eigenvalue weighted by atomic mass is 10.0. The molecular weight excluding hydrogens is 316 g/mol. The molecule has 6 nitrogen and oxygen atoms in total. The maximum atomic E-state index is 5.52. The van der Waals surface area contributed by atoms with E-state index in [-0.39, 0.29) is 6.04 Å². The van der Waals surface area contributed by atoms with Crippen LogP contribution >= 0.6 is 0 Å². The van der Waals surface area contributed by atoms with Crippen LogP contribution in [0.4, 0.5) is 0 Å². The second-order valence-electron chi connectivity index (χ2n) is 6.53. The first kappa shape index (κ1) is 19.7. The van der Waals surface area contributed by atoms with Crippen molar-refractivity contribution in [2.45, 2.75) is 25.9 Å². The average Bonchev–Trinajstić information content (AvgIpc) is 2.62. The summed E-state index contributed by atoms with van der Waals surface area (Å²) in [5.41, 5.74) is 2.61. The summed E-state index contributed by atoms with van der Waals surface area (Å²) in [5, 5.41) is 6.83. The first-order valence-corrected chi connectivity index (χ1v) is 8.98. The Balaban J connectivity index is 2.05. The molecule has 1 saturated heterocycles. The third-order valence-corrected chi connectivity index (χ3v) is 4.40. The zero-order valence-corrected chi connectivity index (χ0v) is 15.9. The van der Waals surface area contributed by atoms with Crippen LogP contribution in [0.5, 0.6) is 0 Å². The van der Waals surface area contributed by atoms with Crippen molar-refractivity contribution in [1.29, 1.82) is 0 Å². The Labute approximate surface area is 151 Å². The molecule has 0 bridgehead atoms. The van der Waals surface area contributed by atoms with Crippen LogP contribution in [-0.4, -0.2) is 70.5 Å². The largest absolute Gasteiger partial charge is 0.383 e. The highest BCUT2D eigenvalue weighted by molar-refractivity contribution is 5.80. The SMILES string of the molecule is CN=C(NCC(c1cccc(C)c1)N1CCOCC1)NC(C)COC. The quantitative estimate of drug-likeness (QED) is 0.579. The van der Waals surface area contributed by atoms with Gasteiger partial charge in [0.15, 0.2) is 5.96 Å². The minimum Gasteiger partial charge on any atom is -0.383 e. The lowest BCUT2D eigenvalue weighted by molar-refractivity contribution is 0.0169. The molecule has 140 valence electrons. The van der Waals surface area contributed by atoms with Gasteiger partial charge in [-0.25, -0.2) is 0 Å². The van der Waals surface area contributed by atoms with E-state index >= 15 is 0 Å². The zero-order valence-electron chi connectivity index (χ0n) is 15.9. The fourth-order valence-electron chi connectivity index (χ4n) is 3.14. The molecular formula is C19H32N4O2. The number of guanidine groups is 1. The molecule has 2 unspecified atom stereocenters. The molecule has 1 fully saturated rings. The maximum Gasteiger partial charge on any atom is 0.191 e. The molecule has 2 atom stereocenters. The van der Waals surface area contributed by atoms with Gasteiger partial charge >= 0.3 is 0 Å². The number of aliphatic imine (C=N–C) groups is 1. The Morgan fingerprint density at radius 1 is 1.36 bits per heavy atom. The van der Waals surface area contributed by atoms with Crippen LogP contribution < -0.4 is 10.6 Å². The molecule has 1 aliphatic rings. The normalized spacial score (nSPS) is 18.6. The standard InChI is InChI=1S/C19H32N4O2/c1-15-6-5-7-17(12-15)18(23-8-10-25-11-9-23)13-21-19(20-3)22-16(2)14-24-4/h5-7,12,16,18H,8-11,13-14H2,1-4H3,(H2,20,21,22). The van der Waals surface area contributed by atoms with Gasteiger partial charge in [0.2, 0.25) is 0 Å². The summed E-state index contributed by atoms with van der Waals surface area (Å²) >= 11 is 0. The van der Waals surface area contributed by atoms with Gasteiger partial charge in [0, 0.05) is 39.8 Å². The van der Waals surface area contributed by atoms with Crippen molar-refractivity contribution in [3.05, 3.63) is 35.4 Å². The van der Waals surface area contributed by atoms with Gasteiger partial charge in [-0.3, -0.25) is 9.89 Å². The van der Waals surface area contributed by atoms with Crippen LogP contribution in [0.15, 0.2) is 29.3 Å². The number of aryl methyl sites for hydroxylation is 1. The molecule has 1 aromatic carbocycles. The Kier molecular flexibility index (Phi) is 8.18. The highest BCUT2D eigenvalue weighted by Crippen LogP contribution is 2.22. The van der Waals surface area contributed by atoms with Crippen LogP contribution in [0.3, 0.4) is 0 Å². The number of methoxy groups -OCH3 is 1. The number of hydrogen-bond donors (Lipinski definition) is 2. The molecule has 0 saturated carbocycles. The van der Waals surface area contributed by atoms with Gasteiger partial charge in [0.05, 0.1) is 25.9 Å². The van der Waals surface area contributed by atoms with E-state index in [0.29, 0.717) is 12.6 Å². The van der Waals surface area contributed by atoms with Crippen LogP contribution in [-0.2, 0) is 9.47 Å².